The maximum Gasteiger partial charge on any atom is 0.409 e. The fourth-order valence-corrected chi connectivity index (χ4v) is 4.24. The van der Waals surface area contributed by atoms with Crippen molar-refractivity contribution >= 4 is 12.1 Å². The normalized spacial score (nSPS) is 17.0. The van der Waals surface area contributed by atoms with Crippen molar-refractivity contribution in [2.24, 2.45) is 0 Å². The van der Waals surface area contributed by atoms with Gasteiger partial charge in [-0.15, -0.1) is 0 Å². The van der Waals surface area contributed by atoms with Crippen LogP contribution in [-0.4, -0.2) is 65.8 Å². The molecule has 1 fully saturated rings. The zero-order chi connectivity index (χ0) is 19.9. The first-order chi connectivity index (χ1) is 13.5. The number of hydrogen-bond acceptors (Lipinski definition) is 4. The number of carboxylic acid groups (broad SMARTS) is 1. The van der Waals surface area contributed by atoms with Crippen LogP contribution in [0.1, 0.15) is 24.0 Å². The third-order valence-electron chi connectivity index (χ3n) is 6.10. The molecule has 0 saturated carbocycles. The van der Waals surface area contributed by atoms with E-state index >= 15 is 0 Å². The third-order valence-corrected chi connectivity index (χ3v) is 6.10. The van der Waals surface area contributed by atoms with E-state index in [4.69, 9.17) is 4.74 Å². The van der Waals surface area contributed by atoms with Gasteiger partial charge in [-0.25, -0.2) is 4.79 Å². The van der Waals surface area contributed by atoms with Crippen LogP contribution in [0.3, 0.4) is 0 Å². The maximum absolute atomic E-state index is 12.5. The average Bonchev–Trinajstić information content (AvgIpc) is 2.99. The second kappa shape index (κ2) is 6.95. The number of aliphatic carboxylic acids is 1. The minimum Gasteiger partial charge on any atom is -0.480 e. The summed E-state index contributed by atoms with van der Waals surface area (Å²) in [5.74, 6) is -0.903. The Hall–Kier alpha value is -2.86. The van der Waals surface area contributed by atoms with Crippen LogP contribution in [-0.2, 0) is 9.53 Å². The molecule has 0 unspecified atom stereocenters. The predicted molar refractivity (Wildman–Crippen MR) is 105 cm³/mol. The van der Waals surface area contributed by atoms with Gasteiger partial charge >= 0.3 is 12.1 Å². The summed E-state index contributed by atoms with van der Waals surface area (Å²) >= 11 is 0. The van der Waals surface area contributed by atoms with E-state index in [1.54, 1.807) is 11.9 Å². The van der Waals surface area contributed by atoms with Gasteiger partial charge in [-0.2, -0.15) is 0 Å². The van der Waals surface area contributed by atoms with Crippen LogP contribution in [0.15, 0.2) is 48.5 Å². The molecular formula is C22H24N2O4. The zero-order valence-corrected chi connectivity index (χ0v) is 16.1. The Labute approximate surface area is 164 Å². The number of likely N-dealkylation sites (N-methyl/N-ethyl adjacent to an activating group) is 1. The number of nitrogens with zero attached hydrogens (tertiary/aromatic N) is 2. The van der Waals surface area contributed by atoms with E-state index in [-0.39, 0.29) is 25.6 Å². The van der Waals surface area contributed by atoms with Gasteiger partial charge in [-0.1, -0.05) is 55.5 Å². The molecule has 4 rings (SSSR count). The molecule has 2 aromatic rings. The molecule has 1 aliphatic carbocycles. The highest BCUT2D eigenvalue weighted by Crippen LogP contribution is 2.44. The summed E-state index contributed by atoms with van der Waals surface area (Å²) in [7, 11) is 1.77. The quantitative estimate of drug-likeness (QED) is 0.863. The first kappa shape index (κ1) is 18.5. The van der Waals surface area contributed by atoms with Crippen molar-refractivity contribution in [1.82, 2.24) is 9.80 Å². The molecule has 1 heterocycles. The molecule has 146 valence electrons. The molecule has 1 N–H and O–H groups in total. The highest BCUT2D eigenvalue weighted by molar-refractivity contribution is 5.84. The van der Waals surface area contributed by atoms with Crippen molar-refractivity contribution in [3.63, 3.8) is 0 Å². The van der Waals surface area contributed by atoms with Crippen LogP contribution in [0.2, 0.25) is 0 Å². The topological polar surface area (TPSA) is 70.1 Å². The van der Waals surface area contributed by atoms with Crippen LogP contribution in [0.4, 0.5) is 4.79 Å². The van der Waals surface area contributed by atoms with E-state index in [2.05, 4.69) is 24.3 Å². The Morgan fingerprint density at radius 2 is 1.64 bits per heavy atom. The number of carboxylic acids is 1. The largest absolute Gasteiger partial charge is 0.480 e. The predicted octanol–water partition coefficient (Wildman–Crippen LogP) is 3.03. The van der Waals surface area contributed by atoms with Gasteiger partial charge in [-0.3, -0.25) is 9.69 Å². The molecule has 0 bridgehead atoms. The van der Waals surface area contributed by atoms with Crippen molar-refractivity contribution in [3.8, 4) is 11.1 Å². The summed E-state index contributed by atoms with van der Waals surface area (Å²) in [6.07, 6.45) is -0.455. The average molecular weight is 380 g/mol. The summed E-state index contributed by atoms with van der Waals surface area (Å²) in [5, 5.41) is 9.59. The molecule has 1 amide bonds. The summed E-state index contributed by atoms with van der Waals surface area (Å²) < 4.78 is 5.61. The van der Waals surface area contributed by atoms with Gasteiger partial charge in [0.1, 0.15) is 6.61 Å². The number of likely N-dealkylation sites (tertiary alicyclic amines) is 1. The van der Waals surface area contributed by atoms with Gasteiger partial charge in [0.15, 0.2) is 5.54 Å². The smallest absolute Gasteiger partial charge is 0.409 e. The van der Waals surface area contributed by atoms with E-state index in [0.717, 1.165) is 11.1 Å². The number of carbonyl (C=O) groups excluding carboxylic acids is 1. The highest BCUT2D eigenvalue weighted by atomic mass is 16.6. The molecule has 2 aliphatic rings. The molecule has 0 spiro atoms. The lowest BCUT2D eigenvalue weighted by molar-refractivity contribution is -0.161. The lowest BCUT2D eigenvalue weighted by Gasteiger charge is -2.50. The molecule has 1 saturated heterocycles. The van der Waals surface area contributed by atoms with Gasteiger partial charge in [0, 0.05) is 5.92 Å². The molecule has 28 heavy (non-hydrogen) atoms. The molecule has 0 atom stereocenters. The van der Waals surface area contributed by atoms with Crippen LogP contribution in [0.25, 0.3) is 11.1 Å². The maximum atomic E-state index is 12.5. The Balaban J connectivity index is 1.45. The summed E-state index contributed by atoms with van der Waals surface area (Å²) in [6.45, 7) is 3.03. The lowest BCUT2D eigenvalue weighted by atomic mass is 9.88. The van der Waals surface area contributed by atoms with Crippen molar-refractivity contribution in [2.45, 2.75) is 18.4 Å². The number of amides is 1. The van der Waals surface area contributed by atoms with Crippen molar-refractivity contribution < 1.29 is 19.4 Å². The van der Waals surface area contributed by atoms with Gasteiger partial charge in [0.05, 0.1) is 13.1 Å². The van der Waals surface area contributed by atoms with Crippen molar-refractivity contribution in [3.05, 3.63) is 59.7 Å². The molecule has 0 aromatic heterocycles. The van der Waals surface area contributed by atoms with Gasteiger partial charge < -0.3 is 14.7 Å². The minimum atomic E-state index is -1.01. The van der Waals surface area contributed by atoms with Crippen LogP contribution >= 0.6 is 0 Å². The Kier molecular flexibility index (Phi) is 4.59. The van der Waals surface area contributed by atoms with E-state index in [1.165, 1.54) is 16.0 Å². The Morgan fingerprint density at radius 1 is 1.11 bits per heavy atom. The molecular weight excluding hydrogens is 356 g/mol. The minimum absolute atomic E-state index is 0.000160. The van der Waals surface area contributed by atoms with Crippen molar-refractivity contribution in [1.29, 1.82) is 0 Å². The summed E-state index contributed by atoms with van der Waals surface area (Å²) in [6, 6.07) is 16.3. The van der Waals surface area contributed by atoms with Gasteiger partial charge in [-0.05, 0) is 35.8 Å². The van der Waals surface area contributed by atoms with Gasteiger partial charge in [0.25, 0.3) is 0 Å². The van der Waals surface area contributed by atoms with Crippen LogP contribution in [0.5, 0.6) is 0 Å². The first-order valence-corrected chi connectivity index (χ1v) is 9.52. The molecule has 6 heteroatoms. The molecule has 6 nitrogen and oxygen atoms in total. The number of hydrogen-bond donors (Lipinski definition) is 1. The number of carbonyl (C=O) groups is 2. The van der Waals surface area contributed by atoms with Crippen LogP contribution in [0, 0.1) is 0 Å². The standard InChI is InChI=1S/C22H24N2O4/c1-3-23(2)22(20(25)26)13-24(14-22)21(27)28-12-19-17-10-6-4-8-15(17)16-9-5-7-11-18(16)19/h4-11,19H,3,12-14H2,1-2H3,(H,25,26). The molecule has 1 aliphatic heterocycles. The Bertz CT molecular complexity index is 875. The lowest BCUT2D eigenvalue weighted by Crippen LogP contribution is -2.74. The highest BCUT2D eigenvalue weighted by Gasteiger charge is 2.54. The fraction of sp³-hybridized carbons (Fsp3) is 0.364. The first-order valence-electron chi connectivity index (χ1n) is 9.52. The van der Waals surface area contributed by atoms with E-state index < -0.39 is 17.6 Å². The number of benzene rings is 2. The molecule has 2 aromatic carbocycles. The van der Waals surface area contributed by atoms with Crippen molar-refractivity contribution in [2.75, 3.05) is 33.3 Å². The second-order valence-corrected chi connectivity index (χ2v) is 7.51. The second-order valence-electron chi connectivity index (χ2n) is 7.51. The number of ether oxygens (including phenoxy) is 1. The SMILES string of the molecule is CCN(C)C1(C(=O)O)CN(C(=O)OCC2c3ccccc3-c3ccccc32)C1. The summed E-state index contributed by atoms with van der Waals surface area (Å²) in [5.41, 5.74) is 3.66. The monoisotopic (exact) mass is 380 g/mol. The van der Waals surface area contributed by atoms with E-state index in [0.29, 0.717) is 6.54 Å². The summed E-state index contributed by atoms with van der Waals surface area (Å²) in [4.78, 5) is 27.4. The fourth-order valence-electron chi connectivity index (χ4n) is 4.24. The zero-order valence-electron chi connectivity index (χ0n) is 16.1. The molecule has 0 radical (unpaired) electrons. The van der Waals surface area contributed by atoms with E-state index in [9.17, 15) is 14.7 Å². The third kappa shape index (κ3) is 2.76. The number of rotatable bonds is 5. The Morgan fingerprint density at radius 3 is 2.14 bits per heavy atom. The van der Waals surface area contributed by atoms with Gasteiger partial charge in [0.2, 0.25) is 0 Å². The van der Waals surface area contributed by atoms with Crippen LogP contribution < -0.4 is 0 Å². The number of fused-ring (bicyclic) bond motifs is 3. The van der Waals surface area contributed by atoms with E-state index in [1.807, 2.05) is 31.2 Å².